The molecule has 0 aliphatic rings. The van der Waals surface area contributed by atoms with Gasteiger partial charge in [0.05, 0.1) is 38.1 Å². The summed E-state index contributed by atoms with van der Waals surface area (Å²) in [5.74, 6) is 1.32. The number of carbonyl (C=O) groups is 1. The number of para-hydroxylation sites is 1. The molecule has 0 amide bonds. The minimum absolute atomic E-state index is 0.0467. The van der Waals surface area contributed by atoms with Crippen molar-refractivity contribution in [2.24, 2.45) is 4.99 Å². The highest BCUT2D eigenvalue weighted by Crippen LogP contribution is 2.41. The maximum absolute atomic E-state index is 13.8. The number of methoxy groups -OCH3 is 3. The molecule has 0 saturated heterocycles. The monoisotopic (exact) mass is 457 g/mol. The summed E-state index contributed by atoms with van der Waals surface area (Å²) in [5.41, 5.74) is 3.17. The number of rotatable bonds is 6. The molecule has 174 valence electrons. The Bertz CT molecular complexity index is 1400. The molecule has 0 saturated carbocycles. The molecule has 4 aromatic rings. The largest absolute Gasteiger partial charge is 0.493 e. The second-order valence-corrected chi connectivity index (χ2v) is 7.94. The third-order valence-electron chi connectivity index (χ3n) is 5.35. The predicted molar refractivity (Wildman–Crippen MR) is 132 cm³/mol. The molecule has 0 atom stereocenters. The molecule has 34 heavy (non-hydrogen) atoms. The van der Waals surface area contributed by atoms with Crippen molar-refractivity contribution in [2.75, 3.05) is 21.3 Å². The number of carbonyl (C=O) groups excluding carboxylic acids is 1. The number of ether oxygens (including phenoxy) is 3. The van der Waals surface area contributed by atoms with Crippen LogP contribution in [0.2, 0.25) is 0 Å². The zero-order valence-electron chi connectivity index (χ0n) is 19.9. The van der Waals surface area contributed by atoms with Crippen molar-refractivity contribution in [3.63, 3.8) is 0 Å². The van der Waals surface area contributed by atoms with Crippen molar-refractivity contribution >= 4 is 16.8 Å². The SMILES string of the molecule is COc1cc(-c2cc(C(=O)n3ccccc3=NC(C)C)c3ccccc3n2)cc(OC)c1OC. The zero-order chi connectivity index (χ0) is 24.2. The second kappa shape index (κ2) is 9.79. The molecule has 0 bridgehead atoms. The Kier molecular flexibility index (Phi) is 6.63. The third kappa shape index (κ3) is 4.37. The van der Waals surface area contributed by atoms with E-state index in [2.05, 4.69) is 4.99 Å². The molecule has 4 rings (SSSR count). The Morgan fingerprint density at radius 3 is 2.24 bits per heavy atom. The molecular weight excluding hydrogens is 430 g/mol. The van der Waals surface area contributed by atoms with Crippen molar-refractivity contribution in [1.29, 1.82) is 0 Å². The lowest BCUT2D eigenvalue weighted by Crippen LogP contribution is -2.28. The summed E-state index contributed by atoms with van der Waals surface area (Å²) in [7, 11) is 4.69. The van der Waals surface area contributed by atoms with Crippen LogP contribution in [0, 0.1) is 0 Å². The zero-order valence-corrected chi connectivity index (χ0v) is 19.9. The van der Waals surface area contributed by atoms with Gasteiger partial charge in [0.25, 0.3) is 5.91 Å². The lowest BCUT2D eigenvalue weighted by molar-refractivity contribution is 0.0956. The van der Waals surface area contributed by atoms with Gasteiger partial charge < -0.3 is 14.2 Å². The van der Waals surface area contributed by atoms with E-state index >= 15 is 0 Å². The van der Waals surface area contributed by atoms with E-state index in [1.54, 1.807) is 38.2 Å². The van der Waals surface area contributed by atoms with Crippen molar-refractivity contribution in [2.45, 2.75) is 19.9 Å². The minimum Gasteiger partial charge on any atom is -0.493 e. The molecule has 2 aromatic heterocycles. The van der Waals surface area contributed by atoms with Crippen molar-refractivity contribution in [1.82, 2.24) is 9.55 Å². The van der Waals surface area contributed by atoms with E-state index in [4.69, 9.17) is 19.2 Å². The molecule has 0 aliphatic carbocycles. The van der Waals surface area contributed by atoms with E-state index in [9.17, 15) is 4.79 Å². The highest BCUT2D eigenvalue weighted by molar-refractivity contribution is 6.08. The fourth-order valence-electron chi connectivity index (χ4n) is 3.83. The maximum Gasteiger partial charge on any atom is 0.264 e. The van der Waals surface area contributed by atoms with Crippen LogP contribution in [0.5, 0.6) is 17.2 Å². The van der Waals surface area contributed by atoms with Crippen LogP contribution in [0.3, 0.4) is 0 Å². The Morgan fingerprint density at radius 2 is 1.59 bits per heavy atom. The van der Waals surface area contributed by atoms with Crippen molar-refractivity contribution < 1.29 is 19.0 Å². The topological polar surface area (TPSA) is 74.9 Å². The Labute approximate surface area is 198 Å². The second-order valence-electron chi connectivity index (χ2n) is 7.94. The van der Waals surface area contributed by atoms with Crippen LogP contribution in [0.15, 0.2) is 71.9 Å². The van der Waals surface area contributed by atoms with Gasteiger partial charge in [0.1, 0.15) is 5.49 Å². The van der Waals surface area contributed by atoms with Gasteiger partial charge in [-0.2, -0.15) is 0 Å². The molecule has 2 heterocycles. The summed E-state index contributed by atoms with van der Waals surface area (Å²) in [6, 6.07) is 18.6. The lowest BCUT2D eigenvalue weighted by atomic mass is 10.0. The number of nitrogens with zero attached hydrogens (tertiary/aromatic N) is 3. The predicted octanol–water partition coefficient (Wildman–Crippen LogP) is 4.73. The number of pyridine rings is 2. The lowest BCUT2D eigenvalue weighted by Gasteiger charge is -2.15. The molecular formula is C27H27N3O4. The van der Waals surface area contributed by atoms with Crippen molar-refractivity contribution in [3.8, 4) is 28.5 Å². The number of hydrogen-bond acceptors (Lipinski definition) is 6. The van der Waals surface area contributed by atoms with E-state index in [1.807, 2.05) is 68.4 Å². The highest BCUT2D eigenvalue weighted by Gasteiger charge is 2.19. The van der Waals surface area contributed by atoms with E-state index in [0.717, 1.165) is 10.9 Å². The van der Waals surface area contributed by atoms with Gasteiger partial charge in [-0.05, 0) is 50.2 Å². The van der Waals surface area contributed by atoms with Crippen LogP contribution in [0.25, 0.3) is 22.2 Å². The highest BCUT2D eigenvalue weighted by atomic mass is 16.5. The van der Waals surface area contributed by atoms with E-state index in [1.165, 1.54) is 0 Å². The van der Waals surface area contributed by atoms with E-state index < -0.39 is 0 Å². The van der Waals surface area contributed by atoms with Gasteiger partial charge in [-0.15, -0.1) is 0 Å². The summed E-state index contributed by atoms with van der Waals surface area (Å²) < 4.78 is 18.0. The van der Waals surface area contributed by atoms with Gasteiger partial charge in [0.2, 0.25) is 5.75 Å². The first-order valence-electron chi connectivity index (χ1n) is 10.9. The molecule has 0 aliphatic heterocycles. The number of benzene rings is 2. The fourth-order valence-corrected chi connectivity index (χ4v) is 3.83. The molecule has 7 heteroatoms. The van der Waals surface area contributed by atoms with Gasteiger partial charge in [-0.25, -0.2) is 4.98 Å². The molecule has 2 aromatic carbocycles. The summed E-state index contributed by atoms with van der Waals surface area (Å²) >= 11 is 0. The number of fused-ring (bicyclic) bond motifs is 1. The fraction of sp³-hybridized carbons (Fsp3) is 0.222. The Morgan fingerprint density at radius 1 is 0.912 bits per heavy atom. The molecule has 7 nitrogen and oxygen atoms in total. The molecule has 0 fully saturated rings. The smallest absolute Gasteiger partial charge is 0.264 e. The average molecular weight is 458 g/mol. The van der Waals surface area contributed by atoms with Crippen LogP contribution in [0.1, 0.15) is 24.2 Å². The normalized spacial score (nSPS) is 11.6. The standard InChI is InChI=1S/C27H27N3O4/c1-17(2)28-25-12-8-9-13-30(25)27(31)20-16-22(29-21-11-7-6-10-19(20)21)18-14-23(32-3)26(34-5)24(15-18)33-4/h6-17H,1-5H3. The van der Waals surface area contributed by atoms with E-state index in [0.29, 0.717) is 39.5 Å². The molecule has 0 N–H and O–H groups in total. The van der Waals surface area contributed by atoms with Crippen LogP contribution in [0.4, 0.5) is 0 Å². The van der Waals surface area contributed by atoms with Gasteiger partial charge in [-0.1, -0.05) is 24.3 Å². The Hall–Kier alpha value is -4.13. The number of aromatic nitrogens is 2. The molecule has 0 unspecified atom stereocenters. The minimum atomic E-state index is -0.188. The van der Waals surface area contributed by atoms with Crippen LogP contribution >= 0.6 is 0 Å². The van der Waals surface area contributed by atoms with Crippen LogP contribution in [-0.4, -0.2) is 42.8 Å². The maximum atomic E-state index is 13.8. The molecule has 0 spiro atoms. The van der Waals surface area contributed by atoms with Crippen LogP contribution in [-0.2, 0) is 0 Å². The summed E-state index contributed by atoms with van der Waals surface area (Å²) in [4.78, 5) is 23.2. The summed E-state index contributed by atoms with van der Waals surface area (Å²) in [6.45, 7) is 3.96. The van der Waals surface area contributed by atoms with Gasteiger partial charge >= 0.3 is 0 Å². The first-order valence-corrected chi connectivity index (χ1v) is 10.9. The van der Waals surface area contributed by atoms with Gasteiger partial charge in [0.15, 0.2) is 11.5 Å². The molecule has 0 radical (unpaired) electrons. The van der Waals surface area contributed by atoms with E-state index in [-0.39, 0.29) is 11.9 Å². The van der Waals surface area contributed by atoms with Gasteiger partial charge in [-0.3, -0.25) is 14.4 Å². The first kappa shape index (κ1) is 23.0. The van der Waals surface area contributed by atoms with Gasteiger partial charge in [0, 0.05) is 23.2 Å². The average Bonchev–Trinajstić information content (AvgIpc) is 2.86. The summed E-state index contributed by atoms with van der Waals surface area (Å²) in [5, 5.41) is 0.760. The summed E-state index contributed by atoms with van der Waals surface area (Å²) in [6.07, 6.45) is 1.73. The van der Waals surface area contributed by atoms with Crippen molar-refractivity contribution in [3.05, 3.63) is 77.9 Å². The third-order valence-corrected chi connectivity index (χ3v) is 5.35. The first-order chi connectivity index (χ1) is 16.5. The van der Waals surface area contributed by atoms with Crippen LogP contribution < -0.4 is 19.7 Å². The quantitative estimate of drug-likeness (QED) is 0.419. The Balaban J connectivity index is 1.96. The number of hydrogen-bond donors (Lipinski definition) is 0.